The molecule has 0 aliphatic heterocycles. The van der Waals surface area contributed by atoms with Crippen LogP contribution < -0.4 is 10.6 Å². The monoisotopic (exact) mass is 290 g/mol. The minimum atomic E-state index is -0.163. The number of anilines is 2. The van der Waals surface area contributed by atoms with Crippen molar-refractivity contribution in [2.24, 2.45) is 0 Å². The predicted molar refractivity (Wildman–Crippen MR) is 82.6 cm³/mol. The van der Waals surface area contributed by atoms with Crippen LogP contribution in [0.2, 0.25) is 0 Å². The summed E-state index contributed by atoms with van der Waals surface area (Å²) in [5, 5.41) is 15.2. The summed E-state index contributed by atoms with van der Waals surface area (Å²) >= 11 is 1.36. The summed E-state index contributed by atoms with van der Waals surface area (Å²) in [6.07, 6.45) is 1.00. The Kier molecular flexibility index (Phi) is 4.68. The van der Waals surface area contributed by atoms with Crippen LogP contribution in [0.4, 0.5) is 10.8 Å². The average molecular weight is 290 g/mol. The fraction of sp³-hybridized carbons (Fsp3) is 0.357. The quantitative estimate of drug-likeness (QED) is 0.887. The van der Waals surface area contributed by atoms with E-state index in [2.05, 4.69) is 27.8 Å². The lowest BCUT2D eigenvalue weighted by Gasteiger charge is -2.11. The first kappa shape index (κ1) is 14.5. The molecule has 1 aromatic carbocycles. The number of carbonyl (C=O) groups is 1. The smallest absolute Gasteiger partial charge is 0.259 e. The number of carbonyl (C=O) groups excluding carboxylic acids is 1. The van der Waals surface area contributed by atoms with Crippen LogP contribution in [0.1, 0.15) is 34.3 Å². The fourth-order valence-electron chi connectivity index (χ4n) is 1.77. The molecular formula is C14H18N4OS. The van der Waals surface area contributed by atoms with Gasteiger partial charge < -0.3 is 5.32 Å². The van der Waals surface area contributed by atoms with E-state index in [1.54, 1.807) is 0 Å². The highest BCUT2D eigenvalue weighted by Crippen LogP contribution is 2.20. The number of aryl methyl sites for hydroxylation is 2. The van der Waals surface area contributed by atoms with Gasteiger partial charge in [0.15, 0.2) is 0 Å². The first-order chi connectivity index (χ1) is 9.60. The van der Waals surface area contributed by atoms with Crippen molar-refractivity contribution in [3.05, 3.63) is 34.3 Å². The predicted octanol–water partition coefficient (Wildman–Crippen LogP) is 3.23. The molecule has 5 nitrogen and oxygen atoms in total. The van der Waals surface area contributed by atoms with E-state index in [0.29, 0.717) is 10.7 Å². The highest BCUT2D eigenvalue weighted by molar-refractivity contribution is 7.15. The Labute approximate surface area is 122 Å². The van der Waals surface area contributed by atoms with Gasteiger partial charge in [0.25, 0.3) is 5.91 Å². The van der Waals surface area contributed by atoms with Gasteiger partial charge in [-0.2, -0.15) is 0 Å². The molecule has 2 aromatic rings. The van der Waals surface area contributed by atoms with Crippen molar-refractivity contribution in [2.45, 2.75) is 27.2 Å². The second kappa shape index (κ2) is 6.47. The number of nitrogens with one attached hydrogen (secondary N) is 2. The van der Waals surface area contributed by atoms with Gasteiger partial charge in [-0.3, -0.25) is 10.1 Å². The van der Waals surface area contributed by atoms with E-state index in [4.69, 9.17) is 0 Å². The molecule has 1 heterocycles. The zero-order chi connectivity index (χ0) is 14.5. The summed E-state index contributed by atoms with van der Waals surface area (Å²) in [6, 6.07) is 5.80. The summed E-state index contributed by atoms with van der Waals surface area (Å²) in [4.78, 5) is 12.3. The van der Waals surface area contributed by atoms with Crippen LogP contribution >= 0.6 is 11.3 Å². The minimum absolute atomic E-state index is 0.163. The number of hydrogen-bond donors (Lipinski definition) is 2. The second-order valence-corrected chi connectivity index (χ2v) is 5.74. The van der Waals surface area contributed by atoms with Gasteiger partial charge in [-0.05, 0) is 32.4 Å². The maximum Gasteiger partial charge on any atom is 0.259 e. The molecule has 0 aliphatic rings. The number of hydrogen-bond acceptors (Lipinski definition) is 5. The van der Waals surface area contributed by atoms with E-state index >= 15 is 0 Å². The molecule has 106 valence electrons. The summed E-state index contributed by atoms with van der Waals surface area (Å²) in [7, 11) is 0. The number of amides is 1. The molecule has 0 spiro atoms. The maximum atomic E-state index is 12.3. The largest absolute Gasteiger partial charge is 0.384 e. The molecule has 1 aromatic heterocycles. The summed E-state index contributed by atoms with van der Waals surface area (Å²) in [5.74, 6) is -0.163. The van der Waals surface area contributed by atoms with E-state index in [0.717, 1.165) is 29.2 Å². The Morgan fingerprint density at radius 2 is 2.10 bits per heavy atom. The lowest BCUT2D eigenvalue weighted by atomic mass is 10.1. The van der Waals surface area contributed by atoms with Gasteiger partial charge in [0, 0.05) is 12.2 Å². The molecule has 0 radical (unpaired) electrons. The molecule has 20 heavy (non-hydrogen) atoms. The van der Waals surface area contributed by atoms with Gasteiger partial charge in [0.05, 0.1) is 5.56 Å². The van der Waals surface area contributed by atoms with Crippen LogP contribution in [0, 0.1) is 13.8 Å². The molecule has 2 rings (SSSR count). The Bertz CT molecular complexity index is 609. The van der Waals surface area contributed by atoms with Crippen LogP contribution in [0.25, 0.3) is 0 Å². The lowest BCUT2D eigenvalue weighted by molar-refractivity contribution is 0.102. The molecule has 0 saturated carbocycles. The minimum Gasteiger partial charge on any atom is -0.384 e. The lowest BCUT2D eigenvalue weighted by Crippen LogP contribution is -2.15. The molecule has 0 fully saturated rings. The van der Waals surface area contributed by atoms with Crippen molar-refractivity contribution in [1.82, 2.24) is 10.2 Å². The first-order valence-electron chi connectivity index (χ1n) is 6.56. The Hall–Kier alpha value is -1.95. The van der Waals surface area contributed by atoms with Crippen molar-refractivity contribution in [2.75, 3.05) is 17.2 Å². The number of benzene rings is 1. The van der Waals surface area contributed by atoms with Crippen LogP contribution in [0.3, 0.4) is 0 Å². The van der Waals surface area contributed by atoms with Gasteiger partial charge >= 0.3 is 0 Å². The summed E-state index contributed by atoms with van der Waals surface area (Å²) in [5.41, 5.74) is 2.52. The number of rotatable bonds is 5. The summed E-state index contributed by atoms with van der Waals surface area (Å²) in [6.45, 7) is 6.75. The van der Waals surface area contributed by atoms with Gasteiger partial charge in [0.2, 0.25) is 5.13 Å². The van der Waals surface area contributed by atoms with Crippen LogP contribution in [0.5, 0.6) is 0 Å². The normalized spacial score (nSPS) is 10.3. The van der Waals surface area contributed by atoms with Crippen molar-refractivity contribution >= 4 is 28.1 Å². The van der Waals surface area contributed by atoms with Crippen molar-refractivity contribution in [3.8, 4) is 0 Å². The Morgan fingerprint density at radius 3 is 2.75 bits per heavy atom. The number of aromatic nitrogens is 2. The van der Waals surface area contributed by atoms with E-state index in [-0.39, 0.29) is 5.91 Å². The standard InChI is InChI=1S/C14H18N4OS/c1-4-7-15-12-6-5-9(2)8-11(12)13(19)16-14-18-17-10(3)20-14/h5-6,8,15H,4,7H2,1-3H3,(H,16,18,19). The van der Waals surface area contributed by atoms with Crippen LogP contribution in [-0.2, 0) is 0 Å². The molecule has 0 unspecified atom stereocenters. The summed E-state index contributed by atoms with van der Waals surface area (Å²) < 4.78 is 0. The van der Waals surface area contributed by atoms with Gasteiger partial charge in [-0.1, -0.05) is 29.9 Å². The third-order valence-electron chi connectivity index (χ3n) is 2.73. The van der Waals surface area contributed by atoms with E-state index in [1.807, 2.05) is 32.0 Å². The molecule has 0 atom stereocenters. The highest BCUT2D eigenvalue weighted by Gasteiger charge is 2.13. The highest BCUT2D eigenvalue weighted by atomic mass is 32.1. The van der Waals surface area contributed by atoms with Gasteiger partial charge in [-0.15, -0.1) is 10.2 Å². The Balaban J connectivity index is 2.21. The van der Waals surface area contributed by atoms with Crippen LogP contribution in [0.15, 0.2) is 18.2 Å². The molecule has 1 amide bonds. The topological polar surface area (TPSA) is 66.9 Å². The number of nitrogens with zero attached hydrogens (tertiary/aromatic N) is 2. The van der Waals surface area contributed by atoms with Crippen molar-refractivity contribution < 1.29 is 4.79 Å². The second-order valence-electron chi connectivity index (χ2n) is 4.56. The maximum absolute atomic E-state index is 12.3. The third-order valence-corrected chi connectivity index (χ3v) is 3.49. The van der Waals surface area contributed by atoms with Gasteiger partial charge in [0.1, 0.15) is 5.01 Å². The van der Waals surface area contributed by atoms with Crippen molar-refractivity contribution in [1.29, 1.82) is 0 Å². The van der Waals surface area contributed by atoms with Gasteiger partial charge in [-0.25, -0.2) is 0 Å². The van der Waals surface area contributed by atoms with Crippen molar-refractivity contribution in [3.63, 3.8) is 0 Å². The molecule has 6 heteroatoms. The fourth-order valence-corrected chi connectivity index (χ4v) is 2.36. The molecule has 0 bridgehead atoms. The Morgan fingerprint density at radius 1 is 1.30 bits per heavy atom. The SMILES string of the molecule is CCCNc1ccc(C)cc1C(=O)Nc1nnc(C)s1. The molecule has 0 aliphatic carbocycles. The van der Waals surface area contributed by atoms with E-state index < -0.39 is 0 Å². The van der Waals surface area contributed by atoms with Crippen LogP contribution in [-0.4, -0.2) is 22.6 Å². The van der Waals surface area contributed by atoms with E-state index in [1.165, 1.54) is 11.3 Å². The third kappa shape index (κ3) is 3.54. The zero-order valence-electron chi connectivity index (χ0n) is 11.9. The average Bonchev–Trinajstić information content (AvgIpc) is 2.82. The molecule has 2 N–H and O–H groups in total. The zero-order valence-corrected chi connectivity index (χ0v) is 12.7. The molecule has 0 saturated heterocycles. The first-order valence-corrected chi connectivity index (χ1v) is 7.37. The van der Waals surface area contributed by atoms with E-state index in [9.17, 15) is 4.79 Å². The molecular weight excluding hydrogens is 272 g/mol.